The van der Waals surface area contributed by atoms with E-state index in [1.807, 2.05) is 0 Å². The summed E-state index contributed by atoms with van der Waals surface area (Å²) in [6.45, 7) is 1.25. The zero-order chi connectivity index (χ0) is 27.8. The first kappa shape index (κ1) is 28.7. The molecule has 0 spiro atoms. The highest BCUT2D eigenvalue weighted by molar-refractivity contribution is 9.10. The largest absolute Gasteiger partial charge is 0.405 e. The van der Waals surface area contributed by atoms with Gasteiger partial charge in [-0.05, 0) is 77.0 Å². The van der Waals surface area contributed by atoms with Crippen LogP contribution in [0.5, 0.6) is 0 Å². The molecule has 200 valence electrons. The van der Waals surface area contributed by atoms with Crippen molar-refractivity contribution in [3.05, 3.63) is 74.5 Å². The van der Waals surface area contributed by atoms with Gasteiger partial charge < -0.3 is 10.6 Å². The molecule has 0 aromatic heterocycles. The van der Waals surface area contributed by atoms with Crippen LogP contribution in [0.2, 0.25) is 0 Å². The third-order valence-electron chi connectivity index (χ3n) is 5.88. The number of aryl methyl sites for hydroxylation is 2. The third-order valence-corrected chi connectivity index (χ3v) is 6.53. The maximum atomic E-state index is 13.9. The van der Waals surface area contributed by atoms with Crippen LogP contribution < -0.4 is 10.6 Å². The highest BCUT2D eigenvalue weighted by Crippen LogP contribution is 2.38. The van der Waals surface area contributed by atoms with Gasteiger partial charge in [-0.3, -0.25) is 9.59 Å². The normalized spacial score (nSPS) is 15.9. The van der Waals surface area contributed by atoms with Gasteiger partial charge in [-0.1, -0.05) is 30.4 Å². The fourth-order valence-corrected chi connectivity index (χ4v) is 4.34. The summed E-state index contributed by atoms with van der Waals surface area (Å²) in [6, 6.07) is 6.38. The van der Waals surface area contributed by atoms with Crippen LogP contribution in [0.1, 0.15) is 51.4 Å². The zero-order valence-corrected chi connectivity index (χ0v) is 21.2. The van der Waals surface area contributed by atoms with Gasteiger partial charge in [0.25, 0.3) is 5.91 Å². The van der Waals surface area contributed by atoms with Gasteiger partial charge in [0, 0.05) is 4.47 Å². The highest BCUT2D eigenvalue weighted by Gasteiger charge is 2.52. The second-order valence-corrected chi connectivity index (χ2v) is 9.77. The summed E-state index contributed by atoms with van der Waals surface area (Å²) in [7, 11) is 0. The minimum Gasteiger partial charge on any atom is -0.345 e. The number of halogens is 8. The molecule has 2 aromatic carbocycles. The molecule has 1 saturated carbocycles. The summed E-state index contributed by atoms with van der Waals surface area (Å²) in [5, 5.41) is 4.20. The third kappa shape index (κ3) is 7.12. The lowest BCUT2D eigenvalue weighted by molar-refractivity contribution is -0.140. The topological polar surface area (TPSA) is 58.2 Å². The van der Waals surface area contributed by atoms with E-state index in [4.69, 9.17) is 0 Å². The van der Waals surface area contributed by atoms with Crippen LogP contribution in [-0.2, 0) is 4.79 Å². The molecule has 0 bridgehead atoms. The molecular formula is C25H22BrF7N2O2. The molecule has 1 aliphatic carbocycles. The Kier molecular flexibility index (Phi) is 8.11. The maximum Gasteiger partial charge on any atom is 0.405 e. The van der Waals surface area contributed by atoms with Crippen molar-refractivity contribution >= 4 is 33.8 Å². The molecule has 1 atom stereocenters. The number of hydrogen-bond acceptors (Lipinski definition) is 2. The Morgan fingerprint density at radius 3 is 2.14 bits per heavy atom. The first-order valence-corrected chi connectivity index (χ1v) is 11.8. The number of allylic oxidation sites excluding steroid dienone is 1. The summed E-state index contributed by atoms with van der Waals surface area (Å²) >= 11 is 3.18. The Labute approximate surface area is 216 Å². The van der Waals surface area contributed by atoms with E-state index >= 15 is 0 Å². The van der Waals surface area contributed by atoms with E-state index in [2.05, 4.69) is 21.2 Å². The molecule has 2 amide bonds. The number of benzene rings is 2. The van der Waals surface area contributed by atoms with Gasteiger partial charge in [-0.25, -0.2) is 4.39 Å². The number of amides is 2. The van der Waals surface area contributed by atoms with E-state index in [0.29, 0.717) is 5.56 Å². The molecule has 3 rings (SSSR count). The number of carbonyl (C=O) groups excluding carboxylic acids is 2. The summed E-state index contributed by atoms with van der Waals surface area (Å²) in [6.07, 6.45) is -6.76. The molecule has 12 heteroatoms. The molecule has 2 aromatic rings. The summed E-state index contributed by atoms with van der Waals surface area (Å²) in [4.78, 5) is 24.8. The van der Waals surface area contributed by atoms with E-state index in [0.717, 1.165) is 18.2 Å². The molecule has 37 heavy (non-hydrogen) atoms. The zero-order valence-electron chi connectivity index (χ0n) is 19.6. The molecule has 0 aliphatic heterocycles. The fourth-order valence-electron chi connectivity index (χ4n) is 3.76. The number of alkyl halides is 6. The number of rotatable bonds is 7. The number of nitrogens with one attached hydrogen (secondary N) is 2. The first-order valence-electron chi connectivity index (χ1n) is 11.0. The second kappa shape index (κ2) is 10.5. The average molecular weight is 595 g/mol. The van der Waals surface area contributed by atoms with Gasteiger partial charge in [0.05, 0.1) is 11.5 Å². The Hall–Kier alpha value is -2.89. The first-order chi connectivity index (χ1) is 17.0. The van der Waals surface area contributed by atoms with E-state index in [-0.39, 0.29) is 39.6 Å². The van der Waals surface area contributed by atoms with Gasteiger partial charge in [0.2, 0.25) is 5.91 Å². The average Bonchev–Trinajstić information content (AvgIpc) is 3.55. The predicted octanol–water partition coefficient (Wildman–Crippen LogP) is 6.51. The predicted molar refractivity (Wildman–Crippen MR) is 126 cm³/mol. The minimum atomic E-state index is -4.64. The van der Waals surface area contributed by atoms with Crippen molar-refractivity contribution in [2.75, 3.05) is 6.54 Å². The van der Waals surface area contributed by atoms with Gasteiger partial charge >= 0.3 is 12.4 Å². The molecule has 4 nitrogen and oxygen atoms in total. The van der Waals surface area contributed by atoms with Crippen LogP contribution in [0, 0.1) is 19.7 Å². The van der Waals surface area contributed by atoms with Gasteiger partial charge in [-0.15, -0.1) is 0 Å². The highest BCUT2D eigenvalue weighted by atomic mass is 79.9. The van der Waals surface area contributed by atoms with Crippen molar-refractivity contribution < 1.29 is 40.3 Å². The Bertz CT molecular complexity index is 1210. The Morgan fingerprint density at radius 1 is 1.05 bits per heavy atom. The molecule has 1 unspecified atom stereocenters. The quantitative estimate of drug-likeness (QED) is 0.359. The summed E-state index contributed by atoms with van der Waals surface area (Å²) in [5.41, 5.74) is -1.01. The molecule has 0 heterocycles. The van der Waals surface area contributed by atoms with Crippen molar-refractivity contribution in [1.29, 1.82) is 0 Å². The van der Waals surface area contributed by atoms with E-state index in [9.17, 15) is 40.3 Å². The van der Waals surface area contributed by atoms with Crippen LogP contribution >= 0.6 is 15.9 Å². The van der Waals surface area contributed by atoms with Crippen molar-refractivity contribution in [1.82, 2.24) is 10.6 Å². The Balaban J connectivity index is 1.76. The van der Waals surface area contributed by atoms with E-state index in [1.54, 1.807) is 5.32 Å². The molecule has 1 aliphatic rings. The monoisotopic (exact) mass is 594 g/mol. The van der Waals surface area contributed by atoms with E-state index < -0.39 is 48.0 Å². The molecule has 0 saturated heterocycles. The number of hydrogen-bond donors (Lipinski definition) is 2. The Morgan fingerprint density at radius 2 is 1.65 bits per heavy atom. The van der Waals surface area contributed by atoms with Crippen molar-refractivity contribution in [2.45, 2.75) is 50.5 Å². The fraction of sp³-hybridized carbons (Fsp3) is 0.360. The minimum absolute atomic E-state index is 0.0456. The molecule has 2 N–H and O–H groups in total. The van der Waals surface area contributed by atoms with Crippen LogP contribution in [0.3, 0.4) is 0 Å². The molecular weight excluding hydrogens is 573 g/mol. The van der Waals surface area contributed by atoms with Crippen LogP contribution in [-0.4, -0.2) is 36.3 Å². The second-order valence-electron chi connectivity index (χ2n) is 8.92. The van der Waals surface area contributed by atoms with Gasteiger partial charge in [-0.2, -0.15) is 26.3 Å². The van der Waals surface area contributed by atoms with Gasteiger partial charge in [0.1, 0.15) is 17.9 Å². The molecule has 0 radical (unpaired) electrons. The van der Waals surface area contributed by atoms with Crippen LogP contribution in [0.15, 0.2) is 40.9 Å². The van der Waals surface area contributed by atoms with Crippen molar-refractivity contribution in [2.24, 2.45) is 0 Å². The summed E-state index contributed by atoms with van der Waals surface area (Å²) < 4.78 is 92.5. The van der Waals surface area contributed by atoms with Crippen molar-refractivity contribution in [3.8, 4) is 0 Å². The lowest BCUT2D eigenvalue weighted by atomic mass is 9.93. The van der Waals surface area contributed by atoms with Crippen LogP contribution in [0.4, 0.5) is 30.7 Å². The number of carbonyl (C=O) groups is 2. The van der Waals surface area contributed by atoms with Crippen LogP contribution in [0.25, 0.3) is 6.08 Å². The summed E-state index contributed by atoms with van der Waals surface area (Å²) in [5.74, 6) is -4.25. The maximum absolute atomic E-state index is 13.9. The smallest absolute Gasteiger partial charge is 0.345 e. The molecule has 1 fully saturated rings. The van der Waals surface area contributed by atoms with Gasteiger partial charge in [0.15, 0.2) is 0 Å². The van der Waals surface area contributed by atoms with E-state index in [1.165, 1.54) is 38.1 Å². The lowest BCUT2D eigenvalue weighted by Crippen LogP contribution is -2.50. The lowest BCUT2D eigenvalue weighted by Gasteiger charge is -2.19. The standard InChI is InChI=1S/C25H22BrF7N2O2/c1-13-9-16(10-14(2)20(13)27)18(25(31,32)33)6-4-15-3-5-17(19(26)11-15)21(36)35-23(7-8-23)22(37)34-12-24(28,29)30/h3-6,9-11,18H,7-8,12H2,1-2H3,(H,34,37)(H,35,36)/b6-4+. The SMILES string of the molecule is Cc1cc(C(/C=C/c2ccc(C(=O)NC3(C(=O)NCC(F)(F)F)CC3)c(Br)c2)C(F)(F)F)cc(C)c1F. The van der Waals surface area contributed by atoms with Crippen molar-refractivity contribution in [3.63, 3.8) is 0 Å².